The summed E-state index contributed by atoms with van der Waals surface area (Å²) in [6, 6.07) is 23.8. The molecule has 16 nitrogen and oxygen atoms in total. The monoisotopic (exact) mass is 879 g/mol. The van der Waals surface area contributed by atoms with E-state index in [-0.39, 0.29) is 41.1 Å². The number of piperidine rings is 2. The Kier molecular flexibility index (Phi) is 10.8. The summed E-state index contributed by atoms with van der Waals surface area (Å²) < 4.78 is 23.2. The van der Waals surface area contributed by atoms with E-state index in [0.717, 1.165) is 47.2 Å². The van der Waals surface area contributed by atoms with Crippen LogP contribution in [0, 0.1) is 11.7 Å². The zero-order valence-corrected chi connectivity index (χ0v) is 35.4. The maximum Gasteiger partial charge on any atom is 0.262 e. The van der Waals surface area contributed by atoms with E-state index >= 15 is 4.39 Å². The quantitative estimate of drug-likeness (QED) is 0.170. The van der Waals surface area contributed by atoms with Gasteiger partial charge in [-0.3, -0.25) is 43.9 Å². The molecule has 10 rings (SSSR count). The molecular weight excluding hydrogens is 834 g/mol. The van der Waals surface area contributed by atoms with E-state index in [1.807, 2.05) is 82.6 Å². The number of carbonyl (C=O) groups excluding carboxylic acids is 6. The van der Waals surface area contributed by atoms with Gasteiger partial charge in [0.15, 0.2) is 0 Å². The van der Waals surface area contributed by atoms with Crippen molar-refractivity contribution in [3.63, 3.8) is 0 Å². The second kappa shape index (κ2) is 17.0. The molecule has 5 aromatic rings. The molecule has 1 aromatic heterocycles. The van der Waals surface area contributed by atoms with Crippen LogP contribution in [0.2, 0.25) is 0 Å². The number of nitrogens with one attached hydrogen (secondary N) is 2. The van der Waals surface area contributed by atoms with Crippen LogP contribution < -0.4 is 26.0 Å². The number of para-hydroxylation sites is 1. The molecule has 3 saturated heterocycles. The summed E-state index contributed by atoms with van der Waals surface area (Å²) >= 11 is 0. The molecule has 0 saturated carbocycles. The molecule has 5 aliphatic heterocycles. The lowest BCUT2D eigenvalue weighted by molar-refractivity contribution is -0.136. The van der Waals surface area contributed by atoms with Gasteiger partial charge in [0.05, 0.1) is 16.8 Å². The number of amides is 6. The molecule has 4 aromatic carbocycles. The lowest BCUT2D eigenvalue weighted by atomic mass is 9.95. The van der Waals surface area contributed by atoms with Crippen LogP contribution >= 0.6 is 0 Å². The molecule has 6 heterocycles. The Labute approximate surface area is 373 Å². The highest BCUT2D eigenvalue weighted by Crippen LogP contribution is 2.37. The Morgan fingerprint density at radius 3 is 2.18 bits per heavy atom. The van der Waals surface area contributed by atoms with Crippen molar-refractivity contribution < 1.29 is 37.9 Å². The van der Waals surface area contributed by atoms with Crippen LogP contribution in [0.1, 0.15) is 72.7 Å². The summed E-state index contributed by atoms with van der Waals surface area (Å²) in [5.41, 5.74) is 9.95. The third-order valence-electron chi connectivity index (χ3n) is 13.1. The van der Waals surface area contributed by atoms with E-state index in [9.17, 15) is 28.8 Å². The Hall–Kier alpha value is -7.40. The van der Waals surface area contributed by atoms with Crippen LogP contribution in [0.3, 0.4) is 0 Å². The predicted octanol–water partition coefficient (Wildman–Crippen LogP) is 4.96. The molecule has 3 fully saturated rings. The second-order valence-electron chi connectivity index (χ2n) is 17.2. The lowest BCUT2D eigenvalue weighted by Crippen LogP contribution is -2.54. The molecule has 17 heteroatoms. The van der Waals surface area contributed by atoms with Crippen LogP contribution in [0.25, 0.3) is 11.3 Å². The first-order valence-corrected chi connectivity index (χ1v) is 21.9. The SMILES string of the molecule is NC(=O)c1c(-c2ccc(Oc3ccccc3)cc2)nn2c1Nc1ccc(C(=O)N3CCC(CN4CCN(c5cc6c(cc5F)C(=O)N(C5CCC(=O)NC5=O)C6=O)CC4)CC3)cc1CC2. The number of nitrogens with two attached hydrogens (primary N) is 1. The average molecular weight is 880 g/mol. The Morgan fingerprint density at radius 2 is 1.48 bits per heavy atom. The molecule has 4 N–H and O–H groups in total. The maximum absolute atomic E-state index is 15.5. The largest absolute Gasteiger partial charge is 0.457 e. The fourth-order valence-corrected chi connectivity index (χ4v) is 9.66. The molecule has 0 aliphatic carbocycles. The summed E-state index contributed by atoms with van der Waals surface area (Å²) in [4.78, 5) is 84.3. The van der Waals surface area contributed by atoms with Gasteiger partial charge in [0.25, 0.3) is 23.6 Å². The minimum atomic E-state index is -1.12. The summed E-state index contributed by atoms with van der Waals surface area (Å²) in [5.74, 6) is -1.58. The normalized spacial score (nSPS) is 19.0. The number of rotatable bonds is 9. The van der Waals surface area contributed by atoms with Crippen molar-refractivity contribution in [3.05, 3.63) is 119 Å². The van der Waals surface area contributed by atoms with Gasteiger partial charge in [0.1, 0.15) is 40.4 Å². The number of nitrogens with zero attached hydrogens (tertiary/aromatic N) is 6. The standard InChI is InChI=1S/C48H46FN9O7/c49-36-25-34-35(48(64)58(47(34)63)38-12-13-40(59)52-45(38)61)26-39(36)55-22-20-54(21-23-55)27-28-14-17-56(18-15-28)46(62)31-8-11-37-30(24-31)16-19-57-44(51-37)41(43(50)60)42(53-57)29-6-9-33(10-7-29)65-32-4-2-1-3-5-32/h1-11,24-26,28,38,51H,12-23,27H2,(H2,50,60)(H,52,59,61). The van der Waals surface area contributed by atoms with Crippen molar-refractivity contribution >= 4 is 52.6 Å². The molecular formula is C48H46FN9O7. The van der Waals surface area contributed by atoms with Crippen molar-refractivity contribution in [1.29, 1.82) is 0 Å². The number of halogens is 1. The van der Waals surface area contributed by atoms with Gasteiger partial charge in [0, 0.05) is 75.6 Å². The molecule has 5 aliphatic rings. The molecule has 0 spiro atoms. The lowest BCUT2D eigenvalue weighted by Gasteiger charge is -2.39. The fourth-order valence-electron chi connectivity index (χ4n) is 9.66. The predicted molar refractivity (Wildman–Crippen MR) is 236 cm³/mol. The number of piperazine rings is 1. The van der Waals surface area contributed by atoms with Crippen molar-refractivity contribution in [3.8, 4) is 22.8 Å². The molecule has 1 atom stereocenters. The van der Waals surface area contributed by atoms with E-state index in [1.165, 1.54) is 6.07 Å². The topological polar surface area (TPSA) is 193 Å². The summed E-state index contributed by atoms with van der Waals surface area (Å²) in [6.45, 7) is 4.95. The number of ether oxygens (including phenoxy) is 1. The van der Waals surface area contributed by atoms with Crippen LogP contribution in [-0.2, 0) is 22.6 Å². The Bertz CT molecular complexity index is 2760. The molecule has 0 bridgehead atoms. The highest BCUT2D eigenvalue weighted by atomic mass is 19.1. The highest BCUT2D eigenvalue weighted by molar-refractivity contribution is 6.23. The number of aromatic nitrogens is 2. The number of benzene rings is 4. The number of aryl methyl sites for hydroxylation is 2. The van der Waals surface area contributed by atoms with Gasteiger partial charge in [-0.2, -0.15) is 5.10 Å². The minimum absolute atomic E-state index is 0.00336. The van der Waals surface area contributed by atoms with E-state index in [0.29, 0.717) is 86.7 Å². The van der Waals surface area contributed by atoms with Gasteiger partial charge in [-0.05, 0) is 104 Å². The number of hydrogen-bond acceptors (Lipinski definition) is 11. The third kappa shape index (κ3) is 7.96. The first-order chi connectivity index (χ1) is 31.5. The van der Waals surface area contributed by atoms with Gasteiger partial charge in [-0.25, -0.2) is 9.07 Å². The van der Waals surface area contributed by atoms with E-state index in [2.05, 4.69) is 15.5 Å². The Morgan fingerprint density at radius 1 is 0.769 bits per heavy atom. The van der Waals surface area contributed by atoms with Gasteiger partial charge >= 0.3 is 0 Å². The molecule has 1 unspecified atom stereocenters. The van der Waals surface area contributed by atoms with Crippen LogP contribution in [0.15, 0.2) is 84.9 Å². The third-order valence-corrected chi connectivity index (χ3v) is 13.1. The van der Waals surface area contributed by atoms with Crippen LogP contribution in [-0.4, -0.2) is 112 Å². The molecule has 6 amide bonds. The van der Waals surface area contributed by atoms with Gasteiger partial charge in [0.2, 0.25) is 11.8 Å². The summed E-state index contributed by atoms with van der Waals surface area (Å²) in [6.07, 6.45) is 2.30. The number of hydrogen-bond donors (Lipinski definition) is 3. The zero-order valence-electron chi connectivity index (χ0n) is 35.4. The number of anilines is 3. The summed E-state index contributed by atoms with van der Waals surface area (Å²) in [7, 11) is 0. The zero-order chi connectivity index (χ0) is 44.9. The fraction of sp³-hybridized carbons (Fsp3) is 0.312. The van der Waals surface area contributed by atoms with Crippen molar-refractivity contribution in [2.24, 2.45) is 11.7 Å². The molecule has 332 valence electrons. The van der Waals surface area contributed by atoms with Crippen LogP contribution in [0.4, 0.5) is 21.6 Å². The van der Waals surface area contributed by atoms with Crippen molar-refractivity contribution in [1.82, 2.24) is 29.8 Å². The van der Waals surface area contributed by atoms with E-state index in [4.69, 9.17) is 15.6 Å². The minimum Gasteiger partial charge on any atom is -0.457 e. The van der Waals surface area contributed by atoms with Gasteiger partial charge < -0.3 is 25.6 Å². The number of primary amides is 1. The van der Waals surface area contributed by atoms with Crippen molar-refractivity contribution in [2.45, 2.75) is 44.7 Å². The summed E-state index contributed by atoms with van der Waals surface area (Å²) in [5, 5.41) is 10.4. The van der Waals surface area contributed by atoms with Crippen molar-refractivity contribution in [2.75, 3.05) is 56.0 Å². The van der Waals surface area contributed by atoms with Crippen LogP contribution in [0.5, 0.6) is 11.5 Å². The maximum atomic E-state index is 15.5. The molecule has 0 radical (unpaired) electrons. The first-order valence-electron chi connectivity index (χ1n) is 21.9. The van der Waals surface area contributed by atoms with E-state index < -0.39 is 41.4 Å². The van der Waals surface area contributed by atoms with Gasteiger partial charge in [-0.15, -0.1) is 0 Å². The highest BCUT2D eigenvalue weighted by Gasteiger charge is 2.45. The smallest absolute Gasteiger partial charge is 0.262 e. The number of likely N-dealkylation sites (tertiary alicyclic amines) is 1. The van der Waals surface area contributed by atoms with Gasteiger partial charge in [-0.1, -0.05) is 18.2 Å². The number of imide groups is 2. The Balaban J connectivity index is 0.729. The number of carbonyl (C=O) groups is 6. The van der Waals surface area contributed by atoms with E-state index in [1.54, 1.807) is 4.68 Å². The second-order valence-corrected chi connectivity index (χ2v) is 17.2. The molecule has 65 heavy (non-hydrogen) atoms. The first kappa shape index (κ1) is 41.6. The number of fused-ring (bicyclic) bond motifs is 3. The average Bonchev–Trinajstić information content (AvgIpc) is 3.71.